The topological polar surface area (TPSA) is 112 Å². The maximum atomic E-state index is 13.5. The number of hydrogen-bond acceptors (Lipinski definition) is 7. The summed E-state index contributed by atoms with van der Waals surface area (Å²) >= 11 is 0. The number of nitrogens with two attached hydrogens (primary N) is 1. The number of amides is 2. The first-order chi connectivity index (χ1) is 18.2. The zero-order valence-corrected chi connectivity index (χ0v) is 22.1. The average Bonchev–Trinajstić information content (AvgIpc) is 3.41. The van der Waals surface area contributed by atoms with Gasteiger partial charge in [0.15, 0.2) is 23.0 Å². The lowest BCUT2D eigenvalue weighted by Gasteiger charge is -2.32. The summed E-state index contributed by atoms with van der Waals surface area (Å²) in [4.78, 5) is 28.1. The summed E-state index contributed by atoms with van der Waals surface area (Å²) in [6, 6.07) is 17.6. The third kappa shape index (κ3) is 6.18. The van der Waals surface area contributed by atoms with Crippen LogP contribution in [0.3, 0.4) is 0 Å². The molecule has 0 radical (unpaired) electrons. The van der Waals surface area contributed by atoms with E-state index in [9.17, 15) is 9.59 Å². The number of rotatable bonds is 10. The molecule has 2 amide bonds. The normalized spacial score (nSPS) is 12.1. The Morgan fingerprint density at radius 1 is 0.921 bits per heavy atom. The third-order valence-corrected chi connectivity index (χ3v) is 6.31. The molecule has 200 valence electrons. The molecule has 9 nitrogen and oxygen atoms in total. The maximum Gasteiger partial charge on any atom is 0.255 e. The first-order valence-electron chi connectivity index (χ1n) is 12.2. The Kier molecular flexibility index (Phi) is 8.07. The van der Waals surface area contributed by atoms with Gasteiger partial charge < -0.3 is 34.9 Å². The molecule has 0 unspecified atom stereocenters. The van der Waals surface area contributed by atoms with E-state index in [1.165, 1.54) is 7.11 Å². The van der Waals surface area contributed by atoms with Crippen LogP contribution in [0.25, 0.3) is 0 Å². The molecule has 0 fully saturated rings. The Balaban J connectivity index is 1.48. The van der Waals surface area contributed by atoms with Crippen molar-refractivity contribution in [3.63, 3.8) is 0 Å². The average molecular weight is 520 g/mol. The third-order valence-electron chi connectivity index (χ3n) is 6.31. The smallest absolute Gasteiger partial charge is 0.255 e. The number of nitrogens with zero attached hydrogens (tertiary/aromatic N) is 1. The van der Waals surface area contributed by atoms with Gasteiger partial charge in [0.05, 0.1) is 14.2 Å². The highest BCUT2D eigenvalue weighted by Crippen LogP contribution is 2.33. The molecule has 0 saturated heterocycles. The van der Waals surface area contributed by atoms with Crippen LogP contribution >= 0.6 is 0 Å². The van der Waals surface area contributed by atoms with Gasteiger partial charge in [-0.1, -0.05) is 26.0 Å². The van der Waals surface area contributed by atoms with Crippen LogP contribution < -0.4 is 30.0 Å². The van der Waals surface area contributed by atoms with Gasteiger partial charge in [0.1, 0.15) is 0 Å². The van der Waals surface area contributed by atoms with Crippen molar-refractivity contribution in [1.29, 1.82) is 0 Å². The summed E-state index contributed by atoms with van der Waals surface area (Å²) < 4.78 is 21.3. The predicted molar refractivity (Wildman–Crippen MR) is 144 cm³/mol. The minimum atomic E-state index is -0.278. The van der Waals surface area contributed by atoms with E-state index in [-0.39, 0.29) is 24.0 Å². The number of carbonyl (C=O) groups excluding carboxylic acids is 2. The van der Waals surface area contributed by atoms with Gasteiger partial charge >= 0.3 is 0 Å². The Morgan fingerprint density at radius 3 is 2.29 bits per heavy atom. The van der Waals surface area contributed by atoms with Gasteiger partial charge in [-0.3, -0.25) is 9.59 Å². The molecule has 0 aromatic heterocycles. The van der Waals surface area contributed by atoms with Crippen LogP contribution in [0.4, 0.5) is 5.69 Å². The van der Waals surface area contributed by atoms with Gasteiger partial charge in [-0.05, 0) is 66.1 Å². The monoisotopic (exact) mass is 519 g/mol. The molecule has 1 aliphatic rings. The van der Waals surface area contributed by atoms with Crippen molar-refractivity contribution in [1.82, 2.24) is 4.90 Å². The van der Waals surface area contributed by atoms with E-state index in [0.29, 0.717) is 59.4 Å². The second kappa shape index (κ2) is 11.4. The quantitative estimate of drug-likeness (QED) is 0.410. The highest BCUT2D eigenvalue weighted by molar-refractivity contribution is 6.04. The standard InChI is InChI=1S/C29H33N3O6/c1-29(2,16-30)17-32(28(34)21-8-12-24-26(14-21)38-18-37-24)15-19-5-9-22(10-6-19)31-27(33)20-7-11-23(35-3)25(13-20)36-4/h5-14H,15-18,30H2,1-4H3,(H,31,33). The first-order valence-corrected chi connectivity index (χ1v) is 12.2. The number of nitrogens with one attached hydrogen (secondary N) is 1. The number of methoxy groups -OCH3 is 2. The van der Waals surface area contributed by atoms with Crippen molar-refractivity contribution in [3.05, 3.63) is 77.4 Å². The predicted octanol–water partition coefficient (Wildman–Crippen LogP) is 4.31. The summed E-state index contributed by atoms with van der Waals surface area (Å²) in [7, 11) is 3.06. The number of fused-ring (bicyclic) bond motifs is 1. The first kappa shape index (κ1) is 26.8. The Hall–Kier alpha value is -4.24. The van der Waals surface area contributed by atoms with E-state index in [2.05, 4.69) is 5.32 Å². The molecular formula is C29H33N3O6. The Morgan fingerprint density at radius 2 is 1.61 bits per heavy atom. The largest absolute Gasteiger partial charge is 0.493 e. The summed E-state index contributed by atoms with van der Waals surface area (Å²) in [5, 5.41) is 2.89. The van der Waals surface area contributed by atoms with Crippen molar-refractivity contribution in [2.75, 3.05) is 39.4 Å². The van der Waals surface area contributed by atoms with Crippen LogP contribution in [-0.4, -0.2) is 50.8 Å². The van der Waals surface area contributed by atoms with Gasteiger partial charge in [-0.2, -0.15) is 0 Å². The molecule has 9 heteroatoms. The zero-order valence-electron chi connectivity index (χ0n) is 22.1. The lowest BCUT2D eigenvalue weighted by Crippen LogP contribution is -2.41. The van der Waals surface area contributed by atoms with Crippen molar-refractivity contribution in [3.8, 4) is 23.0 Å². The lowest BCUT2D eigenvalue weighted by molar-refractivity contribution is 0.0673. The number of anilines is 1. The minimum absolute atomic E-state index is 0.129. The number of carbonyl (C=O) groups is 2. The second-order valence-corrected chi connectivity index (χ2v) is 9.82. The minimum Gasteiger partial charge on any atom is -0.493 e. The van der Waals surface area contributed by atoms with E-state index in [4.69, 9.17) is 24.7 Å². The fraction of sp³-hybridized carbons (Fsp3) is 0.310. The Labute approximate surface area is 222 Å². The molecule has 0 bridgehead atoms. The number of benzene rings is 3. The van der Waals surface area contributed by atoms with Crippen LogP contribution in [0.1, 0.15) is 40.1 Å². The molecule has 38 heavy (non-hydrogen) atoms. The summed E-state index contributed by atoms with van der Waals surface area (Å²) in [5.74, 6) is 1.80. The van der Waals surface area contributed by atoms with Gasteiger partial charge in [0.2, 0.25) is 6.79 Å². The molecule has 1 aliphatic heterocycles. The molecule has 0 atom stereocenters. The molecule has 3 aromatic carbocycles. The Bertz CT molecular complexity index is 1310. The summed E-state index contributed by atoms with van der Waals surface area (Å²) in [6.45, 7) is 5.47. The van der Waals surface area contributed by atoms with E-state index >= 15 is 0 Å². The van der Waals surface area contributed by atoms with Crippen LogP contribution in [0.15, 0.2) is 60.7 Å². The number of hydrogen-bond donors (Lipinski definition) is 2. The summed E-state index contributed by atoms with van der Waals surface area (Å²) in [6.07, 6.45) is 0. The van der Waals surface area contributed by atoms with Crippen molar-refractivity contribution in [2.24, 2.45) is 11.1 Å². The van der Waals surface area contributed by atoms with Crippen LogP contribution in [0, 0.1) is 5.41 Å². The van der Waals surface area contributed by atoms with Crippen LogP contribution in [0.5, 0.6) is 23.0 Å². The highest BCUT2D eigenvalue weighted by Gasteiger charge is 2.26. The van der Waals surface area contributed by atoms with Gasteiger partial charge in [0.25, 0.3) is 11.8 Å². The molecule has 3 aromatic rings. The lowest BCUT2D eigenvalue weighted by atomic mass is 9.92. The molecule has 0 spiro atoms. The van der Waals surface area contributed by atoms with Gasteiger partial charge in [-0.25, -0.2) is 0 Å². The highest BCUT2D eigenvalue weighted by atomic mass is 16.7. The van der Waals surface area contributed by atoms with Gasteiger partial charge in [0, 0.05) is 29.9 Å². The fourth-order valence-electron chi connectivity index (χ4n) is 4.09. The molecular weight excluding hydrogens is 486 g/mol. The van der Waals surface area contributed by atoms with Crippen molar-refractivity contribution in [2.45, 2.75) is 20.4 Å². The SMILES string of the molecule is COc1ccc(C(=O)Nc2ccc(CN(CC(C)(C)CN)C(=O)c3ccc4c(c3)OCO4)cc2)cc1OC. The zero-order chi connectivity index (χ0) is 27.3. The number of ether oxygens (including phenoxy) is 4. The second-order valence-electron chi connectivity index (χ2n) is 9.82. The van der Waals surface area contributed by atoms with Crippen LogP contribution in [-0.2, 0) is 6.54 Å². The van der Waals surface area contributed by atoms with E-state index in [0.717, 1.165) is 5.56 Å². The van der Waals surface area contributed by atoms with Crippen molar-refractivity contribution < 1.29 is 28.5 Å². The van der Waals surface area contributed by atoms with E-state index < -0.39 is 0 Å². The van der Waals surface area contributed by atoms with Crippen LogP contribution in [0.2, 0.25) is 0 Å². The maximum absolute atomic E-state index is 13.5. The van der Waals surface area contributed by atoms with Gasteiger partial charge in [-0.15, -0.1) is 0 Å². The molecule has 3 N–H and O–H groups in total. The molecule has 4 rings (SSSR count). The molecule has 1 heterocycles. The molecule has 0 aliphatic carbocycles. The van der Waals surface area contributed by atoms with Crippen molar-refractivity contribution >= 4 is 17.5 Å². The summed E-state index contributed by atoms with van der Waals surface area (Å²) in [5.41, 5.74) is 8.20. The van der Waals surface area contributed by atoms with E-state index in [1.807, 2.05) is 38.1 Å². The fourth-order valence-corrected chi connectivity index (χ4v) is 4.09. The van der Waals surface area contributed by atoms with E-state index in [1.54, 1.807) is 48.4 Å². The molecule has 0 saturated carbocycles.